The van der Waals surface area contributed by atoms with Gasteiger partial charge in [-0.2, -0.15) is 8.42 Å². The number of amides is 1. The van der Waals surface area contributed by atoms with Gasteiger partial charge in [-0.3, -0.25) is 4.79 Å². The van der Waals surface area contributed by atoms with Crippen LogP contribution in [-0.2, 0) is 27.8 Å². The van der Waals surface area contributed by atoms with E-state index in [2.05, 4.69) is 34.0 Å². The van der Waals surface area contributed by atoms with Crippen molar-refractivity contribution in [1.82, 2.24) is 10.2 Å². The van der Waals surface area contributed by atoms with Gasteiger partial charge in [0, 0.05) is 25.1 Å². The number of carbonyl (C=O) groups excluding carboxylic acids is 1. The molecule has 1 saturated heterocycles. The van der Waals surface area contributed by atoms with Gasteiger partial charge in [0.1, 0.15) is 16.7 Å². The topological polar surface area (TPSA) is 88.1 Å². The number of likely N-dealkylation sites (tertiary alicyclic amines) is 1. The van der Waals surface area contributed by atoms with Crippen LogP contribution in [-0.4, -0.2) is 44.3 Å². The summed E-state index contributed by atoms with van der Waals surface area (Å²) in [6, 6.07) is 20.8. The van der Waals surface area contributed by atoms with Crippen molar-refractivity contribution in [1.29, 1.82) is 0 Å². The predicted octanol–water partition coefficient (Wildman–Crippen LogP) is 3.52. The van der Waals surface area contributed by atoms with E-state index in [1.165, 1.54) is 5.56 Å². The van der Waals surface area contributed by atoms with Crippen molar-refractivity contribution in [2.24, 2.45) is 4.40 Å². The maximum absolute atomic E-state index is 13.1. The first-order valence-corrected chi connectivity index (χ1v) is 13.3. The van der Waals surface area contributed by atoms with E-state index in [9.17, 15) is 13.2 Å². The molecule has 3 aromatic rings. The molecule has 1 fully saturated rings. The molecule has 3 heterocycles. The number of hydrogen-bond donors (Lipinski definition) is 1. The highest BCUT2D eigenvalue weighted by atomic mass is 32.2. The summed E-state index contributed by atoms with van der Waals surface area (Å²) >= 11 is 0. The van der Waals surface area contributed by atoms with E-state index in [-0.39, 0.29) is 10.8 Å². The lowest BCUT2D eigenvalue weighted by atomic mass is 10.0. The Labute approximate surface area is 204 Å². The van der Waals surface area contributed by atoms with E-state index < -0.39 is 16.1 Å². The zero-order valence-corrected chi connectivity index (χ0v) is 19.9. The number of hydrogen-bond acceptors (Lipinski definition) is 5. The van der Waals surface area contributed by atoms with Crippen molar-refractivity contribution in [3.8, 4) is 16.9 Å². The predicted molar refractivity (Wildman–Crippen MR) is 133 cm³/mol. The molecule has 1 atom stereocenters. The minimum absolute atomic E-state index is 0.116. The number of carbonyl (C=O) groups is 1. The van der Waals surface area contributed by atoms with Crippen molar-refractivity contribution < 1.29 is 17.9 Å². The van der Waals surface area contributed by atoms with Gasteiger partial charge in [0.2, 0.25) is 5.91 Å². The van der Waals surface area contributed by atoms with Crippen molar-refractivity contribution >= 4 is 21.8 Å². The van der Waals surface area contributed by atoms with Crippen LogP contribution >= 0.6 is 0 Å². The smallest absolute Gasteiger partial charge is 0.285 e. The zero-order valence-electron chi connectivity index (χ0n) is 19.1. The lowest BCUT2D eigenvalue weighted by molar-refractivity contribution is -0.124. The Bertz CT molecular complexity index is 1450. The molecule has 0 spiro atoms. The van der Waals surface area contributed by atoms with Crippen molar-refractivity contribution in [3.05, 3.63) is 83.4 Å². The number of fused-ring (bicyclic) bond motifs is 2. The second kappa shape index (κ2) is 8.53. The molecule has 7 nitrogen and oxygen atoms in total. The van der Waals surface area contributed by atoms with Gasteiger partial charge in [0.15, 0.2) is 5.84 Å². The average Bonchev–Trinajstić information content (AvgIpc) is 3.60. The third-order valence-electron chi connectivity index (χ3n) is 6.88. The fraction of sp³-hybridized carbons (Fsp3) is 0.259. The normalized spacial score (nSPS) is 19.6. The molecular weight excluding hydrogens is 462 g/mol. The molecule has 1 amide bonds. The van der Waals surface area contributed by atoms with E-state index >= 15 is 0 Å². The molecule has 0 unspecified atom stereocenters. The third kappa shape index (κ3) is 3.97. The first kappa shape index (κ1) is 21.9. The van der Waals surface area contributed by atoms with Gasteiger partial charge in [0.25, 0.3) is 10.0 Å². The fourth-order valence-corrected chi connectivity index (χ4v) is 6.29. The SMILES string of the molecule is O=C(NCc1ccc(-c2ccc3c(c2)CCO3)cc1)[C@@H]1CCCN1C1=NS(=O)(=O)c2ccccc21. The van der Waals surface area contributed by atoms with Gasteiger partial charge < -0.3 is 15.0 Å². The first-order chi connectivity index (χ1) is 17.0. The monoisotopic (exact) mass is 487 g/mol. The molecule has 1 N–H and O–H groups in total. The first-order valence-electron chi connectivity index (χ1n) is 11.8. The summed E-state index contributed by atoms with van der Waals surface area (Å²) in [4.78, 5) is 15.1. The van der Waals surface area contributed by atoms with Crippen LogP contribution in [0.2, 0.25) is 0 Å². The molecule has 0 saturated carbocycles. The number of amidine groups is 1. The third-order valence-corrected chi connectivity index (χ3v) is 8.21. The van der Waals surface area contributed by atoms with Crippen molar-refractivity contribution in [3.63, 3.8) is 0 Å². The highest BCUT2D eigenvalue weighted by Crippen LogP contribution is 2.32. The molecule has 6 rings (SSSR count). The number of rotatable bonds is 4. The lowest BCUT2D eigenvalue weighted by Crippen LogP contribution is -2.45. The molecule has 35 heavy (non-hydrogen) atoms. The Morgan fingerprint density at radius 3 is 2.71 bits per heavy atom. The summed E-state index contributed by atoms with van der Waals surface area (Å²) in [7, 11) is -3.72. The minimum Gasteiger partial charge on any atom is -0.493 e. The minimum atomic E-state index is -3.72. The van der Waals surface area contributed by atoms with Crippen LogP contribution in [0.5, 0.6) is 5.75 Å². The van der Waals surface area contributed by atoms with E-state index in [1.54, 1.807) is 24.3 Å². The largest absolute Gasteiger partial charge is 0.493 e. The maximum Gasteiger partial charge on any atom is 0.285 e. The van der Waals surface area contributed by atoms with Gasteiger partial charge in [-0.25, -0.2) is 0 Å². The molecule has 0 radical (unpaired) electrons. The highest BCUT2D eigenvalue weighted by molar-refractivity contribution is 7.90. The van der Waals surface area contributed by atoms with Gasteiger partial charge >= 0.3 is 0 Å². The van der Waals surface area contributed by atoms with Crippen molar-refractivity contribution in [2.75, 3.05) is 13.2 Å². The van der Waals surface area contributed by atoms with Crippen LogP contribution < -0.4 is 10.1 Å². The Balaban J connectivity index is 1.13. The van der Waals surface area contributed by atoms with E-state index in [0.29, 0.717) is 30.9 Å². The number of nitrogens with zero attached hydrogens (tertiary/aromatic N) is 2. The second-order valence-electron chi connectivity index (χ2n) is 9.07. The summed E-state index contributed by atoms with van der Waals surface area (Å²) in [6.07, 6.45) is 2.41. The van der Waals surface area contributed by atoms with Gasteiger partial charge in [-0.05, 0) is 59.4 Å². The fourth-order valence-electron chi connectivity index (χ4n) is 5.08. The highest BCUT2D eigenvalue weighted by Gasteiger charge is 2.39. The number of ether oxygens (including phenoxy) is 1. The molecular formula is C27H25N3O4S. The summed E-state index contributed by atoms with van der Waals surface area (Å²) < 4.78 is 34.5. The molecule has 0 aromatic heterocycles. The molecule has 0 aliphatic carbocycles. The summed E-state index contributed by atoms with van der Waals surface area (Å²) in [5.74, 6) is 1.23. The van der Waals surface area contributed by atoms with Crippen LogP contribution in [0.1, 0.15) is 29.5 Å². The zero-order chi connectivity index (χ0) is 24.0. The molecule has 3 aliphatic heterocycles. The molecule has 3 aliphatic rings. The number of sulfonamides is 1. The average molecular weight is 488 g/mol. The second-order valence-corrected chi connectivity index (χ2v) is 10.6. The van der Waals surface area contributed by atoms with E-state index in [0.717, 1.165) is 41.9 Å². The molecule has 178 valence electrons. The summed E-state index contributed by atoms with van der Waals surface area (Å²) in [5.41, 5.74) is 5.08. The van der Waals surface area contributed by atoms with Crippen LogP contribution in [0.25, 0.3) is 11.1 Å². The maximum atomic E-state index is 13.1. The van der Waals surface area contributed by atoms with Gasteiger partial charge in [0.05, 0.1) is 6.61 Å². The lowest BCUT2D eigenvalue weighted by Gasteiger charge is -2.25. The van der Waals surface area contributed by atoms with Crippen LogP contribution in [0.15, 0.2) is 76.0 Å². The summed E-state index contributed by atoms with van der Waals surface area (Å²) in [5, 5.41) is 3.03. The Morgan fingerprint density at radius 1 is 1.06 bits per heavy atom. The van der Waals surface area contributed by atoms with Gasteiger partial charge in [-0.1, -0.05) is 42.5 Å². The molecule has 8 heteroatoms. The quantitative estimate of drug-likeness (QED) is 0.609. The Morgan fingerprint density at radius 2 is 1.86 bits per heavy atom. The van der Waals surface area contributed by atoms with E-state index in [1.807, 2.05) is 23.1 Å². The van der Waals surface area contributed by atoms with Crippen molar-refractivity contribution in [2.45, 2.75) is 36.7 Å². The molecule has 3 aromatic carbocycles. The van der Waals surface area contributed by atoms with Crippen LogP contribution in [0, 0.1) is 0 Å². The van der Waals surface area contributed by atoms with Crippen LogP contribution in [0.3, 0.4) is 0 Å². The summed E-state index contributed by atoms with van der Waals surface area (Å²) in [6.45, 7) is 1.75. The van der Waals surface area contributed by atoms with Crippen LogP contribution in [0.4, 0.5) is 0 Å². The molecule has 0 bridgehead atoms. The van der Waals surface area contributed by atoms with Gasteiger partial charge in [-0.15, -0.1) is 4.40 Å². The Hall–Kier alpha value is -3.65. The Kier molecular flexibility index (Phi) is 5.33. The standard InChI is InChI=1S/C27H25N3O4S/c31-27(23-5-3-14-30(23)26-22-4-1-2-6-25(22)35(32,33)29-26)28-17-18-7-9-19(10-8-18)20-11-12-24-21(16-20)13-15-34-24/h1-2,4,6-12,16,23H,3,5,13-15,17H2,(H,28,31)/t23-/m0/s1. The van der Waals surface area contributed by atoms with E-state index in [4.69, 9.17) is 4.74 Å². The number of benzene rings is 3. The number of nitrogens with one attached hydrogen (secondary N) is 1.